The number of esters is 1. The van der Waals surface area contributed by atoms with Crippen molar-refractivity contribution in [1.82, 2.24) is 0 Å². The molecule has 4 aliphatic heterocycles. The van der Waals surface area contributed by atoms with Crippen LogP contribution in [0, 0.1) is 39.0 Å². The molecule has 13 heteroatoms. The van der Waals surface area contributed by atoms with E-state index in [1.54, 1.807) is 35.7 Å². The van der Waals surface area contributed by atoms with Gasteiger partial charge in [-0.3, -0.25) is 19.7 Å². The molecule has 0 aromatic heterocycles. The van der Waals surface area contributed by atoms with Gasteiger partial charge in [0.25, 0.3) is 5.69 Å². The van der Waals surface area contributed by atoms with E-state index in [0.29, 0.717) is 49.5 Å². The quantitative estimate of drug-likeness (QED) is 0.119. The highest BCUT2D eigenvalue weighted by atomic mass is 32.2. The molecule has 6 atom stereocenters. The Balaban J connectivity index is 0.000000215. The number of carbonyl (C=O) groups excluding carboxylic acids is 2. The number of nitrogen functional groups attached to an aromatic ring is 1. The molecule has 0 unspecified atom stereocenters. The van der Waals surface area contributed by atoms with Gasteiger partial charge in [-0.1, -0.05) is 46.8 Å². The number of nitrogens with two attached hydrogens (primary N) is 1. The standard InChI is InChI=1S/C22H28FNO4S.C21H28FNO3S/c1-14-18-7-8-28-13-22(18,19-9-15(24(26)27)5-6-20(19)23)12-17(29-14)10-16(25)11-21(2,3)4;1-13-16-7-8-25-12-21(16,17-9-14(23)5-6-18(17)22)11-15(27-13)10-19(24)26-20(2,3)4/h5-6,9,12,14,18H,7-8,10-11,13H2,1-4H3;5-6,9,11,13,16H,7-8,10,12,23H2,1-4H3/t14-,18+,22-;13-,16+,21-/m11/s1. The van der Waals surface area contributed by atoms with Crippen LogP contribution in [0.4, 0.5) is 20.2 Å². The molecule has 4 heterocycles. The van der Waals surface area contributed by atoms with E-state index in [9.17, 15) is 28.5 Å². The van der Waals surface area contributed by atoms with Gasteiger partial charge in [0.1, 0.15) is 23.0 Å². The summed E-state index contributed by atoms with van der Waals surface area (Å²) in [7, 11) is 0. The van der Waals surface area contributed by atoms with Crippen molar-refractivity contribution in [2.24, 2.45) is 17.3 Å². The molecule has 0 amide bonds. The van der Waals surface area contributed by atoms with Gasteiger partial charge in [-0.25, -0.2) is 8.78 Å². The Morgan fingerprint density at radius 3 is 1.86 bits per heavy atom. The Morgan fingerprint density at radius 2 is 1.36 bits per heavy atom. The highest BCUT2D eigenvalue weighted by Gasteiger charge is 2.50. The van der Waals surface area contributed by atoms with Crippen LogP contribution in [0.2, 0.25) is 0 Å². The summed E-state index contributed by atoms with van der Waals surface area (Å²) in [4.78, 5) is 37.6. The minimum absolute atomic E-state index is 0.0826. The van der Waals surface area contributed by atoms with Crippen molar-refractivity contribution >= 4 is 46.7 Å². The number of ketones is 1. The number of halogens is 2. The van der Waals surface area contributed by atoms with Gasteiger partial charge < -0.3 is 19.9 Å². The first kappa shape index (κ1) is 43.9. The molecule has 2 N–H and O–H groups in total. The number of nitrogens with zero attached hydrogens (tertiary/aromatic N) is 1. The molecule has 2 fully saturated rings. The number of thioether (sulfide) groups is 2. The van der Waals surface area contributed by atoms with Crippen LogP contribution in [-0.2, 0) is 34.6 Å². The Hall–Kier alpha value is -3.26. The Bertz CT molecular complexity index is 1870. The third kappa shape index (κ3) is 10.2. The Morgan fingerprint density at radius 1 is 0.857 bits per heavy atom. The fourth-order valence-corrected chi connectivity index (χ4v) is 11.7. The maximum Gasteiger partial charge on any atom is 0.311 e. The number of hydrogen-bond acceptors (Lipinski definition) is 10. The molecule has 2 saturated heterocycles. The van der Waals surface area contributed by atoms with Crippen LogP contribution < -0.4 is 5.73 Å². The van der Waals surface area contributed by atoms with E-state index in [4.69, 9.17) is 19.9 Å². The highest BCUT2D eigenvalue weighted by Crippen LogP contribution is 2.54. The molecule has 0 saturated carbocycles. The molecule has 6 rings (SSSR count). The fraction of sp³-hybridized carbons (Fsp3) is 0.581. The summed E-state index contributed by atoms with van der Waals surface area (Å²) in [5.41, 5.74) is 5.18. The molecule has 0 bridgehead atoms. The number of nitro benzene ring substituents is 1. The van der Waals surface area contributed by atoms with Crippen molar-refractivity contribution in [3.8, 4) is 0 Å². The Kier molecular flexibility index (Phi) is 13.6. The van der Waals surface area contributed by atoms with Crippen molar-refractivity contribution in [2.75, 3.05) is 32.2 Å². The number of Topliss-reactive ketones (excluding diaryl/α,β-unsaturated/α-hetero) is 1. The van der Waals surface area contributed by atoms with Crippen LogP contribution in [0.25, 0.3) is 0 Å². The molecule has 56 heavy (non-hydrogen) atoms. The molecule has 306 valence electrons. The zero-order valence-corrected chi connectivity index (χ0v) is 35.4. The number of anilines is 1. The van der Waals surface area contributed by atoms with Gasteiger partial charge in [0.05, 0.1) is 24.6 Å². The first-order valence-electron chi connectivity index (χ1n) is 19.3. The van der Waals surface area contributed by atoms with E-state index >= 15 is 0 Å². The summed E-state index contributed by atoms with van der Waals surface area (Å²) in [6.45, 7) is 17.8. The van der Waals surface area contributed by atoms with Crippen LogP contribution in [0.3, 0.4) is 0 Å². The smallest absolute Gasteiger partial charge is 0.311 e. The fourth-order valence-electron chi connectivity index (χ4n) is 8.67. The van der Waals surface area contributed by atoms with Gasteiger partial charge in [0.15, 0.2) is 0 Å². The topological polar surface area (TPSA) is 131 Å². The summed E-state index contributed by atoms with van der Waals surface area (Å²) < 4.78 is 46.8. The first-order valence-corrected chi connectivity index (χ1v) is 21.0. The first-order chi connectivity index (χ1) is 26.1. The lowest BCUT2D eigenvalue weighted by Crippen LogP contribution is -2.49. The number of non-ortho nitro benzene ring substituents is 1. The second-order valence-electron chi connectivity index (χ2n) is 17.7. The molecule has 2 aromatic carbocycles. The van der Waals surface area contributed by atoms with Crippen molar-refractivity contribution in [1.29, 1.82) is 0 Å². The van der Waals surface area contributed by atoms with Gasteiger partial charge >= 0.3 is 5.97 Å². The maximum absolute atomic E-state index is 14.9. The molecule has 0 aliphatic carbocycles. The number of benzene rings is 2. The molecule has 0 radical (unpaired) electrons. The lowest BCUT2D eigenvalue weighted by molar-refractivity contribution is -0.385. The van der Waals surface area contributed by atoms with Gasteiger partial charge in [0.2, 0.25) is 0 Å². The summed E-state index contributed by atoms with van der Waals surface area (Å²) >= 11 is 3.34. The van der Waals surface area contributed by atoms with Crippen LogP contribution in [0.5, 0.6) is 0 Å². The van der Waals surface area contributed by atoms with Crippen molar-refractivity contribution < 1.29 is 37.5 Å². The zero-order chi connectivity index (χ0) is 41.2. The maximum atomic E-state index is 14.9. The average Bonchev–Trinajstić information content (AvgIpc) is 3.08. The van der Waals surface area contributed by atoms with Crippen LogP contribution >= 0.6 is 23.5 Å². The summed E-state index contributed by atoms with van der Waals surface area (Å²) in [6.07, 6.45) is 6.54. The van der Waals surface area contributed by atoms with Crippen LogP contribution in [0.15, 0.2) is 58.4 Å². The van der Waals surface area contributed by atoms with Gasteiger partial charge in [-0.2, -0.15) is 0 Å². The number of nitro groups is 1. The van der Waals surface area contributed by atoms with E-state index in [2.05, 4.69) is 13.8 Å². The number of rotatable bonds is 8. The minimum atomic E-state index is -0.795. The predicted molar refractivity (Wildman–Crippen MR) is 220 cm³/mol. The van der Waals surface area contributed by atoms with E-state index in [-0.39, 0.29) is 64.0 Å². The largest absolute Gasteiger partial charge is 0.460 e. The van der Waals surface area contributed by atoms with Crippen LogP contribution in [0.1, 0.15) is 98.6 Å². The van der Waals surface area contributed by atoms with E-state index in [1.165, 1.54) is 24.3 Å². The molecule has 4 aliphatic rings. The number of hydrogen-bond donors (Lipinski definition) is 1. The SMILES string of the molecule is C[C@H]1SC(CC(=O)CC(C)(C)C)=C[C@@]2(c3cc([N+](=O)[O-])ccc3F)COCC[C@@H]12.C[C@H]1SC(CC(=O)OC(C)(C)C)=C[C@@]2(c3cc(N)ccc3F)COCC[C@@H]12. The monoisotopic (exact) mass is 814 g/mol. The van der Waals surface area contributed by atoms with Crippen LogP contribution in [-0.4, -0.2) is 59.2 Å². The van der Waals surface area contributed by atoms with E-state index in [0.717, 1.165) is 22.7 Å². The average molecular weight is 815 g/mol. The number of carbonyl (C=O) groups is 2. The second-order valence-corrected chi connectivity index (χ2v) is 20.7. The van der Waals surface area contributed by atoms with Crippen molar-refractivity contribution in [2.45, 2.75) is 114 Å². The molecular weight excluding hydrogens is 759 g/mol. The number of allylic oxidation sites excluding steroid dienone is 1. The van der Waals surface area contributed by atoms with Gasteiger partial charge in [-0.05, 0) is 84.9 Å². The number of fused-ring (bicyclic) bond motifs is 2. The number of ether oxygens (including phenoxy) is 3. The van der Waals surface area contributed by atoms with E-state index in [1.807, 2.05) is 53.7 Å². The van der Waals surface area contributed by atoms with Crippen molar-refractivity contribution in [3.05, 3.63) is 91.2 Å². The summed E-state index contributed by atoms with van der Waals surface area (Å²) in [5.74, 6) is -0.581. The molecule has 2 aromatic rings. The lowest BCUT2D eigenvalue weighted by atomic mass is 9.66. The highest BCUT2D eigenvalue weighted by molar-refractivity contribution is 8.04. The Labute approximate surface area is 338 Å². The van der Waals surface area contributed by atoms with Crippen molar-refractivity contribution in [3.63, 3.8) is 0 Å². The second kappa shape index (κ2) is 17.3. The molecular formula is C43H56F2N2O7S2. The molecule has 9 nitrogen and oxygen atoms in total. The minimum Gasteiger partial charge on any atom is -0.460 e. The lowest BCUT2D eigenvalue weighted by Gasteiger charge is -2.48. The third-order valence-electron chi connectivity index (χ3n) is 10.8. The zero-order valence-electron chi connectivity index (χ0n) is 33.7. The van der Waals surface area contributed by atoms with E-state index < -0.39 is 27.2 Å². The summed E-state index contributed by atoms with van der Waals surface area (Å²) in [6, 6.07) is 8.39. The van der Waals surface area contributed by atoms with Gasteiger partial charge in [0, 0.05) is 76.3 Å². The third-order valence-corrected chi connectivity index (χ3v) is 13.3. The normalized spacial score (nSPS) is 27.7. The molecule has 0 spiro atoms. The van der Waals surface area contributed by atoms with Gasteiger partial charge in [-0.15, -0.1) is 23.5 Å². The summed E-state index contributed by atoms with van der Waals surface area (Å²) in [5, 5.41) is 11.7. The predicted octanol–water partition coefficient (Wildman–Crippen LogP) is 9.86.